The first-order valence-corrected chi connectivity index (χ1v) is 9.00. The third-order valence-corrected chi connectivity index (χ3v) is 4.34. The van der Waals surface area contributed by atoms with E-state index in [4.69, 9.17) is 0 Å². The number of piperazine rings is 1. The molecule has 1 aromatic carbocycles. The van der Waals surface area contributed by atoms with Crippen LogP contribution < -0.4 is 10.2 Å². The number of unbranched alkanes of at least 4 members (excludes halogenated alkanes) is 2. The quantitative estimate of drug-likeness (QED) is 0.730. The fourth-order valence-corrected chi connectivity index (χ4v) is 3.10. The highest BCUT2D eigenvalue weighted by molar-refractivity contribution is 5.55. The number of hydrogen-bond donors (Lipinski definition) is 1. The monoisotopic (exact) mass is 303 g/mol. The van der Waals surface area contributed by atoms with Crippen molar-refractivity contribution >= 4 is 11.4 Å². The molecular weight excluding hydrogens is 270 g/mol. The van der Waals surface area contributed by atoms with Gasteiger partial charge in [-0.15, -0.1) is 0 Å². The van der Waals surface area contributed by atoms with E-state index in [9.17, 15) is 0 Å². The highest BCUT2D eigenvalue weighted by Gasteiger charge is 2.17. The minimum Gasteiger partial charge on any atom is -0.385 e. The van der Waals surface area contributed by atoms with Gasteiger partial charge in [-0.1, -0.05) is 33.6 Å². The molecule has 0 spiro atoms. The van der Waals surface area contributed by atoms with Gasteiger partial charge >= 0.3 is 0 Å². The molecule has 0 saturated carbocycles. The van der Waals surface area contributed by atoms with Gasteiger partial charge in [0, 0.05) is 50.6 Å². The van der Waals surface area contributed by atoms with Crippen LogP contribution in [0, 0.1) is 5.92 Å². The summed E-state index contributed by atoms with van der Waals surface area (Å²) in [6, 6.07) is 8.98. The Morgan fingerprint density at radius 2 is 1.68 bits per heavy atom. The zero-order chi connectivity index (χ0) is 15.8. The van der Waals surface area contributed by atoms with E-state index in [1.165, 1.54) is 50.3 Å². The van der Waals surface area contributed by atoms with Crippen LogP contribution in [0.3, 0.4) is 0 Å². The maximum Gasteiger partial charge on any atom is 0.0368 e. The molecule has 22 heavy (non-hydrogen) atoms. The molecule has 1 saturated heterocycles. The molecule has 1 aliphatic heterocycles. The van der Waals surface area contributed by atoms with Gasteiger partial charge in [0.15, 0.2) is 0 Å². The minimum atomic E-state index is 0.768. The molecule has 0 aliphatic carbocycles. The van der Waals surface area contributed by atoms with Crippen LogP contribution in [0.2, 0.25) is 0 Å². The van der Waals surface area contributed by atoms with Crippen LogP contribution in [0.1, 0.15) is 40.0 Å². The van der Waals surface area contributed by atoms with Gasteiger partial charge in [-0.25, -0.2) is 0 Å². The molecule has 0 bridgehead atoms. The van der Waals surface area contributed by atoms with E-state index in [1.807, 2.05) is 0 Å². The second kappa shape index (κ2) is 9.04. The standard InChI is InChI=1S/C19H33N3/c1-4-5-6-11-20-18-7-9-19(10-8-18)22-14-12-21(13-15-22)16-17(2)3/h7-10,17,20H,4-6,11-16H2,1-3H3. The summed E-state index contributed by atoms with van der Waals surface area (Å²) in [5.74, 6) is 0.768. The Morgan fingerprint density at radius 3 is 2.27 bits per heavy atom. The van der Waals surface area contributed by atoms with E-state index >= 15 is 0 Å². The fraction of sp³-hybridized carbons (Fsp3) is 0.684. The first-order chi connectivity index (χ1) is 10.7. The first kappa shape index (κ1) is 17.1. The Kier molecular flexibility index (Phi) is 7.04. The van der Waals surface area contributed by atoms with E-state index in [-0.39, 0.29) is 0 Å². The second-order valence-corrected chi connectivity index (χ2v) is 6.86. The Bertz CT molecular complexity index is 405. The summed E-state index contributed by atoms with van der Waals surface area (Å²) in [5, 5.41) is 3.51. The molecule has 1 aromatic rings. The zero-order valence-electron chi connectivity index (χ0n) is 14.6. The molecule has 1 N–H and O–H groups in total. The van der Waals surface area contributed by atoms with Gasteiger partial charge in [0.25, 0.3) is 0 Å². The predicted octanol–water partition coefficient (Wildman–Crippen LogP) is 4.07. The summed E-state index contributed by atoms with van der Waals surface area (Å²) in [5.41, 5.74) is 2.61. The van der Waals surface area contributed by atoms with Crippen molar-refractivity contribution in [2.24, 2.45) is 5.92 Å². The summed E-state index contributed by atoms with van der Waals surface area (Å²) < 4.78 is 0. The van der Waals surface area contributed by atoms with E-state index in [0.29, 0.717) is 0 Å². The van der Waals surface area contributed by atoms with Gasteiger partial charge in [-0.05, 0) is 36.6 Å². The summed E-state index contributed by atoms with van der Waals surface area (Å²) in [6.45, 7) is 13.8. The van der Waals surface area contributed by atoms with Crippen LogP contribution in [0.5, 0.6) is 0 Å². The molecule has 1 heterocycles. The van der Waals surface area contributed by atoms with Gasteiger partial charge in [0.1, 0.15) is 0 Å². The molecule has 1 aliphatic rings. The predicted molar refractivity (Wildman–Crippen MR) is 97.9 cm³/mol. The number of rotatable bonds is 8. The van der Waals surface area contributed by atoms with Gasteiger partial charge in [-0.2, -0.15) is 0 Å². The van der Waals surface area contributed by atoms with Crippen LogP contribution in [0.15, 0.2) is 24.3 Å². The van der Waals surface area contributed by atoms with Crippen LogP contribution in [-0.2, 0) is 0 Å². The Balaban J connectivity index is 1.76. The lowest BCUT2D eigenvalue weighted by molar-refractivity contribution is 0.231. The summed E-state index contributed by atoms with van der Waals surface area (Å²) in [4.78, 5) is 5.10. The molecular formula is C19H33N3. The topological polar surface area (TPSA) is 18.5 Å². The summed E-state index contributed by atoms with van der Waals surface area (Å²) >= 11 is 0. The largest absolute Gasteiger partial charge is 0.385 e. The third-order valence-electron chi connectivity index (χ3n) is 4.34. The maximum absolute atomic E-state index is 3.51. The number of nitrogens with one attached hydrogen (secondary N) is 1. The average molecular weight is 303 g/mol. The van der Waals surface area contributed by atoms with E-state index in [0.717, 1.165) is 25.6 Å². The van der Waals surface area contributed by atoms with Gasteiger partial charge in [0.2, 0.25) is 0 Å². The lowest BCUT2D eigenvalue weighted by Gasteiger charge is -2.36. The minimum absolute atomic E-state index is 0.768. The molecule has 3 nitrogen and oxygen atoms in total. The van der Waals surface area contributed by atoms with Crippen LogP contribution in [0.25, 0.3) is 0 Å². The van der Waals surface area contributed by atoms with Crippen molar-refractivity contribution < 1.29 is 0 Å². The molecule has 0 atom stereocenters. The summed E-state index contributed by atoms with van der Waals surface area (Å²) in [7, 11) is 0. The Hall–Kier alpha value is -1.22. The first-order valence-electron chi connectivity index (χ1n) is 9.00. The normalized spacial score (nSPS) is 16.3. The molecule has 0 amide bonds. The van der Waals surface area contributed by atoms with Gasteiger partial charge in [0.05, 0.1) is 0 Å². The zero-order valence-corrected chi connectivity index (χ0v) is 14.6. The van der Waals surface area contributed by atoms with E-state index in [1.54, 1.807) is 0 Å². The fourth-order valence-electron chi connectivity index (χ4n) is 3.10. The van der Waals surface area contributed by atoms with E-state index < -0.39 is 0 Å². The van der Waals surface area contributed by atoms with Crippen LogP contribution in [0.4, 0.5) is 11.4 Å². The van der Waals surface area contributed by atoms with Crippen molar-refractivity contribution in [2.75, 3.05) is 49.5 Å². The average Bonchev–Trinajstić information content (AvgIpc) is 2.52. The summed E-state index contributed by atoms with van der Waals surface area (Å²) in [6.07, 6.45) is 3.85. The molecule has 124 valence electrons. The molecule has 0 radical (unpaired) electrons. The molecule has 3 heteroatoms. The number of nitrogens with zero attached hydrogens (tertiary/aromatic N) is 2. The molecule has 2 rings (SSSR count). The molecule has 0 aromatic heterocycles. The van der Waals surface area contributed by atoms with Crippen molar-refractivity contribution in [2.45, 2.75) is 40.0 Å². The number of benzene rings is 1. The van der Waals surface area contributed by atoms with Crippen molar-refractivity contribution in [1.29, 1.82) is 0 Å². The number of hydrogen-bond acceptors (Lipinski definition) is 3. The van der Waals surface area contributed by atoms with Crippen LogP contribution in [-0.4, -0.2) is 44.2 Å². The lowest BCUT2D eigenvalue weighted by Crippen LogP contribution is -2.47. The van der Waals surface area contributed by atoms with E-state index in [2.05, 4.69) is 60.2 Å². The van der Waals surface area contributed by atoms with Crippen molar-refractivity contribution in [3.8, 4) is 0 Å². The molecule has 1 fully saturated rings. The van der Waals surface area contributed by atoms with Gasteiger partial charge in [-0.3, -0.25) is 4.90 Å². The van der Waals surface area contributed by atoms with Crippen molar-refractivity contribution in [1.82, 2.24) is 4.90 Å². The SMILES string of the molecule is CCCCCNc1ccc(N2CCN(CC(C)C)CC2)cc1. The van der Waals surface area contributed by atoms with Crippen LogP contribution >= 0.6 is 0 Å². The van der Waals surface area contributed by atoms with Crippen molar-refractivity contribution in [3.63, 3.8) is 0 Å². The smallest absolute Gasteiger partial charge is 0.0368 e. The third kappa shape index (κ3) is 5.53. The highest BCUT2D eigenvalue weighted by atomic mass is 15.3. The number of anilines is 2. The second-order valence-electron chi connectivity index (χ2n) is 6.86. The lowest BCUT2D eigenvalue weighted by atomic mass is 10.1. The van der Waals surface area contributed by atoms with Crippen molar-refractivity contribution in [3.05, 3.63) is 24.3 Å². The highest BCUT2D eigenvalue weighted by Crippen LogP contribution is 2.20. The Morgan fingerprint density at radius 1 is 1.00 bits per heavy atom. The Labute approximate surface area is 136 Å². The maximum atomic E-state index is 3.51. The van der Waals surface area contributed by atoms with Gasteiger partial charge < -0.3 is 10.2 Å². The molecule has 0 unspecified atom stereocenters.